The lowest BCUT2D eigenvalue weighted by atomic mass is 9.90. The molecule has 0 amide bonds. The molecule has 1 saturated heterocycles. The molecule has 4 atom stereocenters. The van der Waals surface area contributed by atoms with Crippen molar-refractivity contribution in [3.63, 3.8) is 0 Å². The second-order valence-electron chi connectivity index (χ2n) is 8.26. The van der Waals surface area contributed by atoms with Crippen molar-refractivity contribution in [1.29, 1.82) is 0 Å². The molecule has 1 aliphatic rings. The lowest BCUT2D eigenvalue weighted by Gasteiger charge is -2.34. The number of carbonyl (C=O) groups is 2. The van der Waals surface area contributed by atoms with Gasteiger partial charge in [-0.15, -0.1) is 6.58 Å². The highest BCUT2D eigenvalue weighted by Crippen LogP contribution is 2.40. The first-order valence-electron chi connectivity index (χ1n) is 11.3. The largest absolute Gasteiger partial charge is 0.453 e. The molecule has 7 nitrogen and oxygen atoms in total. The monoisotopic (exact) mass is 468 g/mol. The summed E-state index contributed by atoms with van der Waals surface area (Å²) in [5.41, 5.74) is 0.926. The molecule has 0 spiro atoms. The number of hydrogen-bond acceptors (Lipinski definition) is 7. The average molecular weight is 469 g/mol. The Morgan fingerprint density at radius 3 is 2.09 bits per heavy atom. The third-order valence-corrected chi connectivity index (χ3v) is 5.52. The van der Waals surface area contributed by atoms with Gasteiger partial charge in [-0.05, 0) is 24.0 Å². The molecule has 1 aliphatic heterocycles. The van der Waals surface area contributed by atoms with E-state index in [4.69, 9.17) is 23.7 Å². The molecule has 34 heavy (non-hydrogen) atoms. The number of hydrogen-bond donors (Lipinski definition) is 0. The molecule has 1 unspecified atom stereocenters. The third kappa shape index (κ3) is 7.00. The van der Waals surface area contributed by atoms with Crippen molar-refractivity contribution in [1.82, 2.24) is 0 Å². The fraction of sp³-hybridized carbons (Fsp3) is 0.407. The van der Waals surface area contributed by atoms with Crippen LogP contribution < -0.4 is 0 Å². The van der Waals surface area contributed by atoms with Crippen molar-refractivity contribution < 1.29 is 33.3 Å². The molecule has 0 bridgehead atoms. The first kappa shape index (κ1) is 25.6. The molecule has 182 valence electrons. The van der Waals surface area contributed by atoms with E-state index in [0.717, 1.165) is 11.1 Å². The van der Waals surface area contributed by atoms with Gasteiger partial charge in [-0.25, -0.2) is 0 Å². The maximum atomic E-state index is 12.0. The summed E-state index contributed by atoms with van der Waals surface area (Å²) in [6.07, 6.45) is 0.0373. The number of carbonyl (C=O) groups excluding carboxylic acids is 2. The van der Waals surface area contributed by atoms with E-state index in [2.05, 4.69) is 6.58 Å². The summed E-state index contributed by atoms with van der Waals surface area (Å²) in [6, 6.07) is 19.4. The Morgan fingerprint density at radius 2 is 1.53 bits per heavy atom. The molecule has 0 saturated carbocycles. The Kier molecular flexibility index (Phi) is 9.39. The van der Waals surface area contributed by atoms with Crippen LogP contribution in [0.3, 0.4) is 0 Å². The van der Waals surface area contributed by atoms with Gasteiger partial charge in [-0.1, -0.05) is 66.7 Å². The van der Waals surface area contributed by atoms with Crippen molar-refractivity contribution in [2.24, 2.45) is 0 Å². The Bertz CT molecular complexity index is 931. The van der Waals surface area contributed by atoms with Gasteiger partial charge in [0.1, 0.15) is 11.7 Å². The van der Waals surface area contributed by atoms with Crippen LogP contribution in [0.1, 0.15) is 37.8 Å². The van der Waals surface area contributed by atoms with E-state index in [1.807, 2.05) is 60.7 Å². The van der Waals surface area contributed by atoms with Gasteiger partial charge in [-0.2, -0.15) is 0 Å². The number of ether oxygens (including phenoxy) is 5. The van der Waals surface area contributed by atoms with Gasteiger partial charge in [-0.3, -0.25) is 9.59 Å². The van der Waals surface area contributed by atoms with Gasteiger partial charge in [0.15, 0.2) is 6.10 Å². The van der Waals surface area contributed by atoms with Crippen LogP contribution in [0.2, 0.25) is 0 Å². The second-order valence-corrected chi connectivity index (χ2v) is 8.26. The summed E-state index contributed by atoms with van der Waals surface area (Å²) in [6.45, 7) is 7.17. The van der Waals surface area contributed by atoms with Gasteiger partial charge in [0.25, 0.3) is 0 Å². The minimum Gasteiger partial charge on any atom is -0.453 e. The molecule has 1 fully saturated rings. The van der Waals surface area contributed by atoms with Gasteiger partial charge in [0, 0.05) is 13.8 Å². The van der Waals surface area contributed by atoms with E-state index in [1.165, 1.54) is 13.8 Å². The molecule has 0 aromatic heterocycles. The van der Waals surface area contributed by atoms with Crippen molar-refractivity contribution in [3.05, 3.63) is 84.4 Å². The molecule has 0 aliphatic carbocycles. The Labute approximate surface area is 200 Å². The minimum atomic E-state index is -1.12. The topological polar surface area (TPSA) is 80.3 Å². The predicted molar refractivity (Wildman–Crippen MR) is 125 cm³/mol. The van der Waals surface area contributed by atoms with E-state index in [1.54, 1.807) is 6.08 Å². The van der Waals surface area contributed by atoms with Crippen LogP contribution in [0.25, 0.3) is 0 Å². The summed E-state index contributed by atoms with van der Waals surface area (Å²) in [5.74, 6) is -1.07. The molecule has 3 rings (SSSR count). The maximum Gasteiger partial charge on any atom is 0.305 e. The number of rotatable bonds is 12. The van der Waals surface area contributed by atoms with E-state index in [0.29, 0.717) is 19.4 Å². The van der Waals surface area contributed by atoms with Gasteiger partial charge in [0.05, 0.1) is 19.8 Å². The van der Waals surface area contributed by atoms with Crippen LogP contribution in [0, 0.1) is 0 Å². The summed E-state index contributed by atoms with van der Waals surface area (Å²) in [4.78, 5) is 23.8. The van der Waals surface area contributed by atoms with Crippen LogP contribution in [-0.2, 0) is 46.5 Å². The highest BCUT2D eigenvalue weighted by atomic mass is 16.8. The lowest BCUT2D eigenvalue weighted by Crippen LogP contribution is -2.49. The van der Waals surface area contributed by atoms with Crippen LogP contribution in [0.4, 0.5) is 0 Å². The molecular weight excluding hydrogens is 436 g/mol. The normalized spacial score (nSPS) is 23.9. The molecule has 2 aromatic carbocycles. The number of esters is 2. The highest BCUT2D eigenvalue weighted by molar-refractivity contribution is 5.67. The molecular formula is C27H32O7. The van der Waals surface area contributed by atoms with Crippen molar-refractivity contribution in [2.75, 3.05) is 6.61 Å². The van der Waals surface area contributed by atoms with E-state index in [-0.39, 0.29) is 13.2 Å². The Balaban J connectivity index is 1.89. The average Bonchev–Trinajstić information content (AvgIpc) is 3.08. The first-order chi connectivity index (χ1) is 16.4. The SMILES string of the molecule is C=CCC[C@]1(COCc2ccccc2)O[C@H](OC(C)=O)C(OC(C)=O)[C@H]1OCc1ccccc1. The Morgan fingerprint density at radius 1 is 0.941 bits per heavy atom. The summed E-state index contributed by atoms with van der Waals surface area (Å²) in [7, 11) is 0. The summed E-state index contributed by atoms with van der Waals surface area (Å²) < 4.78 is 29.7. The zero-order valence-corrected chi connectivity index (χ0v) is 19.7. The molecule has 1 heterocycles. The summed E-state index contributed by atoms with van der Waals surface area (Å²) in [5, 5.41) is 0. The highest BCUT2D eigenvalue weighted by Gasteiger charge is 2.59. The minimum absolute atomic E-state index is 0.144. The smallest absolute Gasteiger partial charge is 0.305 e. The fourth-order valence-electron chi connectivity index (χ4n) is 4.03. The second kappa shape index (κ2) is 12.5. The van der Waals surface area contributed by atoms with Crippen LogP contribution in [-0.4, -0.2) is 42.6 Å². The molecule has 7 heteroatoms. The van der Waals surface area contributed by atoms with E-state index >= 15 is 0 Å². The standard InChI is InChI=1S/C27H32O7/c1-4-5-16-27(19-30-17-22-12-8-6-9-13-22)25(31-18-23-14-10-7-11-15-23)24(32-20(2)28)26(34-27)33-21(3)29/h4,6-15,24-26H,1,5,16-19H2,2-3H3/t24?,25-,26+,27-/m1/s1. The van der Waals surface area contributed by atoms with Crippen molar-refractivity contribution in [3.8, 4) is 0 Å². The fourth-order valence-corrected chi connectivity index (χ4v) is 4.03. The molecule has 0 N–H and O–H groups in total. The number of benzene rings is 2. The van der Waals surface area contributed by atoms with Gasteiger partial charge in [0.2, 0.25) is 6.29 Å². The Hall–Kier alpha value is -3.00. The lowest BCUT2D eigenvalue weighted by molar-refractivity contribution is -0.213. The van der Waals surface area contributed by atoms with Crippen molar-refractivity contribution >= 4 is 11.9 Å². The van der Waals surface area contributed by atoms with E-state index < -0.39 is 36.0 Å². The van der Waals surface area contributed by atoms with Crippen LogP contribution in [0.15, 0.2) is 73.3 Å². The van der Waals surface area contributed by atoms with Crippen LogP contribution in [0.5, 0.6) is 0 Å². The van der Waals surface area contributed by atoms with Gasteiger partial charge < -0.3 is 23.7 Å². The zero-order chi connectivity index (χ0) is 24.4. The predicted octanol–water partition coefficient (Wildman–Crippen LogP) is 4.34. The van der Waals surface area contributed by atoms with Crippen LogP contribution >= 0.6 is 0 Å². The number of allylic oxidation sites excluding steroid dienone is 1. The molecule has 0 radical (unpaired) electrons. The third-order valence-electron chi connectivity index (χ3n) is 5.52. The zero-order valence-electron chi connectivity index (χ0n) is 19.7. The van der Waals surface area contributed by atoms with E-state index in [9.17, 15) is 9.59 Å². The first-order valence-corrected chi connectivity index (χ1v) is 11.3. The summed E-state index contributed by atoms with van der Waals surface area (Å²) >= 11 is 0. The maximum absolute atomic E-state index is 12.0. The quantitative estimate of drug-likeness (QED) is 0.339. The molecule has 2 aromatic rings. The van der Waals surface area contributed by atoms with Gasteiger partial charge >= 0.3 is 11.9 Å². The van der Waals surface area contributed by atoms with Crippen molar-refractivity contribution in [2.45, 2.75) is 64.0 Å².